The zero-order chi connectivity index (χ0) is 15.8. The molecule has 0 aliphatic rings. The van der Waals surface area contributed by atoms with Crippen molar-refractivity contribution in [3.05, 3.63) is 46.0 Å². The highest BCUT2D eigenvalue weighted by Gasteiger charge is 2.15. The van der Waals surface area contributed by atoms with Crippen LogP contribution in [0.15, 0.2) is 34.9 Å². The predicted molar refractivity (Wildman–Crippen MR) is 87.5 cm³/mol. The number of nitrogens with zero attached hydrogens (tertiary/aromatic N) is 1. The molecule has 0 fully saturated rings. The van der Waals surface area contributed by atoms with Gasteiger partial charge in [0.15, 0.2) is 0 Å². The summed E-state index contributed by atoms with van der Waals surface area (Å²) in [5.74, 6) is 3.27. The molecule has 0 aliphatic carbocycles. The second-order valence-corrected chi connectivity index (χ2v) is 6.51. The fraction of sp³-hybridized carbons (Fsp3) is 0.412. The van der Waals surface area contributed by atoms with Crippen LogP contribution in [0, 0.1) is 19.3 Å². The van der Waals surface area contributed by atoms with Gasteiger partial charge in [0.2, 0.25) is 0 Å². The smallest absolute Gasteiger partial charge is 0.117 e. The molecule has 22 heavy (non-hydrogen) atoms. The fourth-order valence-corrected chi connectivity index (χ4v) is 3.14. The van der Waals surface area contributed by atoms with Gasteiger partial charge in [-0.25, -0.2) is 0 Å². The van der Waals surface area contributed by atoms with Crippen molar-refractivity contribution in [1.82, 2.24) is 4.90 Å². The maximum absolute atomic E-state index is 10.1. The third-order valence-electron chi connectivity index (χ3n) is 3.10. The minimum atomic E-state index is -0.579. The summed E-state index contributed by atoms with van der Waals surface area (Å²) in [7, 11) is 0. The van der Waals surface area contributed by atoms with Gasteiger partial charge in [0.05, 0.1) is 25.5 Å². The van der Waals surface area contributed by atoms with Gasteiger partial charge >= 0.3 is 0 Å². The number of hydrogen-bond donors (Lipinski definition) is 1. The number of aliphatic hydroxyl groups excluding tert-OH is 1. The Hall–Kier alpha value is -1.58. The van der Waals surface area contributed by atoms with Crippen molar-refractivity contribution in [2.75, 3.05) is 19.8 Å². The van der Waals surface area contributed by atoms with Crippen molar-refractivity contribution in [2.24, 2.45) is 0 Å². The molecule has 0 bridgehead atoms. The van der Waals surface area contributed by atoms with Crippen LogP contribution in [0.1, 0.15) is 15.5 Å². The number of furan rings is 1. The molecule has 0 saturated heterocycles. The van der Waals surface area contributed by atoms with Crippen LogP contribution in [0.25, 0.3) is 0 Å². The topological polar surface area (TPSA) is 45.8 Å². The van der Waals surface area contributed by atoms with Gasteiger partial charge in [0.1, 0.15) is 12.4 Å². The van der Waals surface area contributed by atoms with Crippen molar-refractivity contribution in [1.29, 1.82) is 0 Å². The molecule has 0 amide bonds. The van der Waals surface area contributed by atoms with Gasteiger partial charge in [-0.3, -0.25) is 4.90 Å². The molecule has 2 rings (SSSR count). The molecular formula is C17H21NO3S. The Morgan fingerprint density at radius 2 is 2.27 bits per heavy atom. The Kier molecular flexibility index (Phi) is 6.69. The Balaban J connectivity index is 1.93. The van der Waals surface area contributed by atoms with Crippen molar-refractivity contribution >= 4 is 11.3 Å². The van der Waals surface area contributed by atoms with E-state index in [-0.39, 0.29) is 13.2 Å². The van der Waals surface area contributed by atoms with E-state index in [1.54, 1.807) is 17.6 Å². The first kappa shape index (κ1) is 16.8. The maximum Gasteiger partial charge on any atom is 0.117 e. The molecular weight excluding hydrogens is 298 g/mol. The van der Waals surface area contributed by atoms with Crippen molar-refractivity contribution in [3.63, 3.8) is 0 Å². The standard InChI is InChI=1S/C17H21NO3S/c1-3-8-20-13-15(19)10-18(11-16-5-4-9-21-16)12-17-7-6-14(2)22-17/h1,4-7,9,15,19H,8,10-13H2,2H3/t15-/m0/s1. The highest BCUT2D eigenvalue weighted by molar-refractivity contribution is 7.11. The maximum atomic E-state index is 10.1. The minimum Gasteiger partial charge on any atom is -0.468 e. The van der Waals surface area contributed by atoms with Gasteiger partial charge in [0, 0.05) is 22.8 Å². The fourth-order valence-electron chi connectivity index (χ4n) is 2.20. The number of rotatable bonds is 9. The quantitative estimate of drug-likeness (QED) is 0.570. The molecule has 2 aromatic rings. The van der Waals surface area contributed by atoms with Crippen LogP contribution in [0.2, 0.25) is 0 Å². The molecule has 0 saturated carbocycles. The number of hydrogen-bond acceptors (Lipinski definition) is 5. The molecule has 5 heteroatoms. The second kappa shape index (κ2) is 8.76. The molecule has 2 aromatic heterocycles. The van der Waals surface area contributed by atoms with E-state index in [1.807, 2.05) is 12.1 Å². The van der Waals surface area contributed by atoms with Crippen LogP contribution < -0.4 is 0 Å². The van der Waals surface area contributed by atoms with Gasteiger partial charge < -0.3 is 14.3 Å². The molecule has 0 aromatic carbocycles. The lowest BCUT2D eigenvalue weighted by molar-refractivity contribution is 0.0232. The van der Waals surface area contributed by atoms with Crippen LogP contribution in [0.5, 0.6) is 0 Å². The number of terminal acetylenes is 1. The van der Waals surface area contributed by atoms with Crippen LogP contribution in [0.3, 0.4) is 0 Å². The summed E-state index contributed by atoms with van der Waals surface area (Å²) in [4.78, 5) is 4.69. The molecule has 0 unspecified atom stereocenters. The van der Waals surface area contributed by atoms with Crippen molar-refractivity contribution in [2.45, 2.75) is 26.1 Å². The SMILES string of the molecule is C#CCOC[C@@H](O)CN(Cc1ccco1)Cc1ccc(C)s1. The van der Waals surface area contributed by atoms with Crippen molar-refractivity contribution < 1.29 is 14.3 Å². The summed E-state index contributed by atoms with van der Waals surface area (Å²) < 4.78 is 10.6. The second-order valence-electron chi connectivity index (χ2n) is 5.13. The Morgan fingerprint density at radius 1 is 1.41 bits per heavy atom. The Bertz CT molecular complexity index is 585. The number of ether oxygens (including phenoxy) is 1. The predicted octanol–water partition coefficient (Wildman–Crippen LogP) is 2.66. The van der Waals surface area contributed by atoms with E-state index >= 15 is 0 Å². The number of aliphatic hydroxyl groups is 1. The lowest BCUT2D eigenvalue weighted by atomic mass is 10.3. The van der Waals surface area contributed by atoms with Crippen LogP contribution >= 0.6 is 11.3 Å². The highest BCUT2D eigenvalue weighted by atomic mass is 32.1. The largest absolute Gasteiger partial charge is 0.468 e. The minimum absolute atomic E-state index is 0.222. The lowest BCUT2D eigenvalue weighted by Gasteiger charge is -2.23. The summed E-state index contributed by atoms with van der Waals surface area (Å²) in [6.07, 6.45) is 6.22. The highest BCUT2D eigenvalue weighted by Crippen LogP contribution is 2.19. The van der Waals surface area contributed by atoms with E-state index in [9.17, 15) is 5.11 Å². The average Bonchev–Trinajstić information content (AvgIpc) is 3.11. The van der Waals surface area contributed by atoms with E-state index < -0.39 is 6.10 Å². The van der Waals surface area contributed by atoms with Gasteiger partial charge in [-0.05, 0) is 31.2 Å². The monoisotopic (exact) mass is 319 g/mol. The first-order valence-corrected chi connectivity index (χ1v) is 7.98. The van der Waals surface area contributed by atoms with E-state index in [1.165, 1.54) is 9.75 Å². The molecule has 1 atom stereocenters. The van der Waals surface area contributed by atoms with E-state index in [0.29, 0.717) is 13.1 Å². The summed E-state index contributed by atoms with van der Waals surface area (Å²) in [6, 6.07) is 8.04. The normalized spacial score (nSPS) is 12.5. The van der Waals surface area contributed by atoms with Crippen LogP contribution in [0.4, 0.5) is 0 Å². The molecule has 4 nitrogen and oxygen atoms in total. The zero-order valence-corrected chi connectivity index (χ0v) is 13.5. The molecule has 118 valence electrons. The Labute approximate surface area is 135 Å². The van der Waals surface area contributed by atoms with Crippen LogP contribution in [-0.4, -0.2) is 35.9 Å². The molecule has 0 spiro atoms. The third kappa shape index (κ3) is 5.66. The summed E-state index contributed by atoms with van der Waals surface area (Å²) in [5.41, 5.74) is 0. The van der Waals surface area contributed by atoms with Gasteiger partial charge in [-0.15, -0.1) is 17.8 Å². The third-order valence-corrected chi connectivity index (χ3v) is 4.09. The van der Waals surface area contributed by atoms with E-state index in [2.05, 4.69) is 29.9 Å². The van der Waals surface area contributed by atoms with Crippen molar-refractivity contribution in [3.8, 4) is 12.3 Å². The molecule has 0 radical (unpaired) electrons. The zero-order valence-electron chi connectivity index (χ0n) is 12.7. The average molecular weight is 319 g/mol. The first-order valence-electron chi connectivity index (χ1n) is 7.16. The Morgan fingerprint density at radius 3 is 2.91 bits per heavy atom. The number of thiophene rings is 1. The summed E-state index contributed by atoms with van der Waals surface area (Å²) in [5, 5.41) is 10.1. The van der Waals surface area contributed by atoms with Gasteiger partial charge in [-0.2, -0.15) is 0 Å². The van der Waals surface area contributed by atoms with Gasteiger partial charge in [0.25, 0.3) is 0 Å². The molecule has 0 aliphatic heterocycles. The molecule has 2 heterocycles. The van der Waals surface area contributed by atoms with Gasteiger partial charge in [-0.1, -0.05) is 5.92 Å². The summed E-state index contributed by atoms with van der Waals surface area (Å²) in [6.45, 7) is 4.47. The van der Waals surface area contributed by atoms with E-state index in [0.717, 1.165) is 12.3 Å². The van der Waals surface area contributed by atoms with E-state index in [4.69, 9.17) is 15.6 Å². The summed E-state index contributed by atoms with van der Waals surface area (Å²) >= 11 is 1.77. The molecule has 1 N–H and O–H groups in total. The lowest BCUT2D eigenvalue weighted by Crippen LogP contribution is -2.34. The number of aryl methyl sites for hydroxylation is 1. The van der Waals surface area contributed by atoms with Crippen LogP contribution in [-0.2, 0) is 17.8 Å². The first-order chi connectivity index (χ1) is 10.7.